The van der Waals surface area contributed by atoms with Gasteiger partial charge in [-0.15, -0.1) is 0 Å². The molecule has 11 aromatic rings. The number of pyridine rings is 1. The lowest BCUT2D eigenvalue weighted by Crippen LogP contribution is -2.25. The summed E-state index contributed by atoms with van der Waals surface area (Å²) in [5.74, 6) is 0. The molecule has 0 radical (unpaired) electrons. The van der Waals surface area contributed by atoms with E-state index in [2.05, 4.69) is 133 Å². The third-order valence-corrected chi connectivity index (χ3v) is 14.5. The van der Waals surface area contributed by atoms with Crippen molar-refractivity contribution < 1.29 is 4.57 Å². The van der Waals surface area contributed by atoms with Gasteiger partial charge in [-0.1, -0.05) is 182 Å². The minimum absolute atomic E-state index is 0.783. The summed E-state index contributed by atoms with van der Waals surface area (Å²) >= 11 is 0. The zero-order chi connectivity index (χ0) is 37.2. The number of hydrogen-bond donors (Lipinski definition) is 0. The summed E-state index contributed by atoms with van der Waals surface area (Å²) in [6.45, 7) is 0. The van der Waals surface area contributed by atoms with E-state index in [1.165, 1.54) is 48.5 Å². The minimum atomic E-state index is -3.22. The first-order valence-corrected chi connectivity index (χ1v) is 20.8. The second kappa shape index (κ2) is 12.9. The van der Waals surface area contributed by atoms with Crippen LogP contribution in [-0.2, 0) is 4.57 Å². The Morgan fingerprint density at radius 2 is 0.821 bits per heavy atom. The minimum Gasteiger partial charge on any atom is -0.309 e. The molecule has 0 aliphatic heterocycles. The molecule has 1 heterocycles. The maximum Gasteiger partial charge on any atom is 0.171 e. The van der Waals surface area contributed by atoms with E-state index in [0.717, 1.165) is 54.6 Å². The lowest BCUT2D eigenvalue weighted by molar-refractivity contribution is 0.592. The molecule has 0 N–H and O–H groups in total. The molecule has 3 heteroatoms. The zero-order valence-electron chi connectivity index (χ0n) is 30.4. The predicted octanol–water partition coefficient (Wildman–Crippen LogP) is 13.0. The van der Waals surface area contributed by atoms with E-state index in [-0.39, 0.29) is 0 Å². The van der Waals surface area contributed by atoms with E-state index >= 15 is 4.57 Å². The molecule has 0 aliphatic rings. The van der Waals surface area contributed by atoms with Gasteiger partial charge in [-0.3, -0.25) is 0 Å². The fourth-order valence-corrected chi connectivity index (χ4v) is 11.6. The largest absolute Gasteiger partial charge is 0.309 e. The van der Waals surface area contributed by atoms with Gasteiger partial charge in [0.1, 0.15) is 0 Å². The average Bonchev–Trinajstić information content (AvgIpc) is 3.28. The summed E-state index contributed by atoms with van der Waals surface area (Å²) in [5.41, 5.74) is 5.04. The number of para-hydroxylation sites is 1. The SMILES string of the molecule is O=P(c1ccccc1)(c1ccccc1)c1cccc(-c2nc3ccccc3c3c2cc(-c2ccc4c5ccccc5c5ccccc5c4c2)c2ccccc23)c1. The molecule has 0 atom stereocenters. The molecular weight excluding hydrogens is 698 g/mol. The smallest absolute Gasteiger partial charge is 0.171 e. The molecule has 0 saturated carbocycles. The molecule has 10 aromatic carbocycles. The van der Waals surface area contributed by atoms with Crippen LogP contribution in [0.4, 0.5) is 0 Å². The van der Waals surface area contributed by atoms with Crippen LogP contribution in [0, 0.1) is 0 Å². The van der Waals surface area contributed by atoms with Crippen LogP contribution in [-0.4, -0.2) is 4.98 Å². The maximum absolute atomic E-state index is 15.6. The molecule has 0 fully saturated rings. The number of benzene rings is 10. The van der Waals surface area contributed by atoms with Gasteiger partial charge in [-0.2, -0.15) is 0 Å². The van der Waals surface area contributed by atoms with Gasteiger partial charge in [0.05, 0.1) is 11.2 Å². The van der Waals surface area contributed by atoms with Crippen molar-refractivity contribution in [3.63, 3.8) is 0 Å². The topological polar surface area (TPSA) is 30.0 Å². The van der Waals surface area contributed by atoms with Gasteiger partial charge < -0.3 is 4.57 Å². The second-order valence-corrected chi connectivity index (χ2v) is 17.3. The van der Waals surface area contributed by atoms with Crippen LogP contribution in [0.5, 0.6) is 0 Å². The molecule has 0 unspecified atom stereocenters. The summed E-state index contributed by atoms with van der Waals surface area (Å²) in [6, 6.07) is 72.0. The van der Waals surface area contributed by atoms with Crippen LogP contribution in [0.3, 0.4) is 0 Å². The van der Waals surface area contributed by atoms with Gasteiger partial charge in [-0.05, 0) is 78.5 Å². The van der Waals surface area contributed by atoms with Crippen LogP contribution < -0.4 is 15.9 Å². The van der Waals surface area contributed by atoms with Crippen molar-refractivity contribution >= 4 is 87.8 Å². The first kappa shape index (κ1) is 32.6. The number of rotatable bonds is 5. The van der Waals surface area contributed by atoms with Crippen LogP contribution in [0.1, 0.15) is 0 Å². The molecule has 0 bridgehead atoms. The Morgan fingerprint density at radius 3 is 1.46 bits per heavy atom. The summed E-state index contributed by atoms with van der Waals surface area (Å²) in [5, 5.41) is 15.6. The second-order valence-electron chi connectivity index (χ2n) is 14.6. The van der Waals surface area contributed by atoms with Gasteiger partial charge in [0.15, 0.2) is 7.14 Å². The number of aromatic nitrogens is 1. The van der Waals surface area contributed by atoms with Crippen LogP contribution >= 0.6 is 7.14 Å². The van der Waals surface area contributed by atoms with E-state index in [9.17, 15) is 0 Å². The Bertz CT molecular complexity index is 3310. The normalized spacial score (nSPS) is 12.0. The van der Waals surface area contributed by atoms with Gasteiger partial charge in [0.25, 0.3) is 0 Å². The number of hydrogen-bond acceptors (Lipinski definition) is 2. The Labute approximate surface area is 324 Å². The summed E-state index contributed by atoms with van der Waals surface area (Å²) < 4.78 is 15.6. The quantitative estimate of drug-likeness (QED) is 0.130. The lowest BCUT2D eigenvalue weighted by atomic mass is 9.88. The molecule has 11 rings (SSSR count). The van der Waals surface area contributed by atoms with Crippen molar-refractivity contribution in [2.24, 2.45) is 0 Å². The summed E-state index contributed by atoms with van der Waals surface area (Å²) in [4.78, 5) is 5.42. The molecule has 262 valence electrons. The van der Waals surface area contributed by atoms with Gasteiger partial charge >= 0.3 is 0 Å². The Balaban J connectivity index is 1.21. The maximum atomic E-state index is 15.6. The van der Waals surface area contributed by atoms with Crippen LogP contribution in [0.15, 0.2) is 206 Å². The van der Waals surface area contributed by atoms with E-state index in [4.69, 9.17) is 4.98 Å². The molecular formula is C53H34NOP. The van der Waals surface area contributed by atoms with Crippen molar-refractivity contribution in [1.29, 1.82) is 0 Å². The zero-order valence-corrected chi connectivity index (χ0v) is 31.3. The van der Waals surface area contributed by atoms with Crippen molar-refractivity contribution in [1.82, 2.24) is 4.98 Å². The highest BCUT2D eigenvalue weighted by molar-refractivity contribution is 7.85. The summed E-state index contributed by atoms with van der Waals surface area (Å²) in [7, 11) is -3.22. The molecule has 0 aliphatic carbocycles. The molecule has 1 aromatic heterocycles. The van der Waals surface area contributed by atoms with E-state index in [0.29, 0.717) is 0 Å². The van der Waals surface area contributed by atoms with Gasteiger partial charge in [-0.25, -0.2) is 4.98 Å². The lowest BCUT2D eigenvalue weighted by Gasteiger charge is -2.21. The van der Waals surface area contributed by atoms with E-state index in [1.807, 2.05) is 72.8 Å². The standard InChI is InChI=1S/C53H34NOP/c55-56(37-17-3-1-4-18-37,38-19-5-2-6-20-38)39-21-15-16-36(32-39)53-50-34-48(44-26-11-12-27-46(44)52(50)47-28-13-14-29-51(47)54-53)35-30-31-45-42-24-8-7-22-40(42)41-23-9-10-25-43(41)49(45)33-35/h1-34H. The number of fused-ring (bicyclic) bond motifs is 11. The molecule has 56 heavy (non-hydrogen) atoms. The van der Waals surface area contributed by atoms with E-state index < -0.39 is 7.14 Å². The first-order valence-electron chi connectivity index (χ1n) is 19.1. The van der Waals surface area contributed by atoms with Crippen molar-refractivity contribution in [2.75, 3.05) is 0 Å². The fraction of sp³-hybridized carbons (Fsp3) is 0. The monoisotopic (exact) mass is 731 g/mol. The Morgan fingerprint density at radius 1 is 0.321 bits per heavy atom. The predicted molar refractivity (Wildman–Crippen MR) is 240 cm³/mol. The third-order valence-electron chi connectivity index (χ3n) is 11.5. The molecule has 0 saturated heterocycles. The Kier molecular flexibility index (Phi) is 7.49. The highest BCUT2D eigenvalue weighted by Gasteiger charge is 2.30. The average molecular weight is 732 g/mol. The van der Waals surface area contributed by atoms with E-state index in [1.54, 1.807) is 0 Å². The molecule has 0 amide bonds. The Hall–Kier alpha value is -6.86. The highest BCUT2D eigenvalue weighted by atomic mass is 31.2. The van der Waals surface area contributed by atoms with Crippen LogP contribution in [0.2, 0.25) is 0 Å². The van der Waals surface area contributed by atoms with Crippen molar-refractivity contribution in [2.45, 2.75) is 0 Å². The van der Waals surface area contributed by atoms with Crippen LogP contribution in [0.25, 0.3) is 87.1 Å². The molecule has 0 spiro atoms. The highest BCUT2D eigenvalue weighted by Crippen LogP contribution is 2.46. The van der Waals surface area contributed by atoms with Crippen molar-refractivity contribution in [3.05, 3.63) is 206 Å². The fourth-order valence-electron chi connectivity index (χ4n) is 8.92. The first-order chi connectivity index (χ1) is 27.7. The third kappa shape index (κ3) is 4.97. The summed E-state index contributed by atoms with van der Waals surface area (Å²) in [6.07, 6.45) is 0. The number of nitrogens with zero attached hydrogens (tertiary/aromatic N) is 1. The van der Waals surface area contributed by atoms with Crippen molar-refractivity contribution in [3.8, 4) is 22.4 Å². The molecule has 2 nitrogen and oxygen atoms in total. The van der Waals surface area contributed by atoms with Gasteiger partial charge in [0, 0.05) is 37.6 Å². The van der Waals surface area contributed by atoms with Gasteiger partial charge in [0.2, 0.25) is 0 Å².